The van der Waals surface area contributed by atoms with Crippen molar-refractivity contribution in [1.29, 1.82) is 5.26 Å². The fourth-order valence-electron chi connectivity index (χ4n) is 2.46. The first-order chi connectivity index (χ1) is 7.28. The molecule has 1 fully saturated rings. The molecule has 2 atom stereocenters. The minimum Gasteiger partial charge on any atom is -0.361 e. The van der Waals surface area contributed by atoms with Gasteiger partial charge in [0.1, 0.15) is 0 Å². The summed E-state index contributed by atoms with van der Waals surface area (Å²) in [5.74, 6) is 0.488. The number of aromatic amines is 1. The molecule has 1 aromatic heterocycles. The van der Waals surface area contributed by atoms with Crippen LogP contribution in [0.4, 0.5) is 0 Å². The first kappa shape index (κ1) is 8.55. The first-order valence-electron chi connectivity index (χ1n) is 5.26. The number of hydrogen-bond acceptors (Lipinski definition) is 1. The average Bonchev–Trinajstić information content (AvgIpc) is 2.76. The van der Waals surface area contributed by atoms with Crippen molar-refractivity contribution in [3.63, 3.8) is 0 Å². The molecule has 1 heterocycles. The minimum absolute atomic E-state index is 0.223. The molecule has 1 aliphatic rings. The molecule has 74 valence electrons. The molecule has 2 aromatic rings. The van der Waals surface area contributed by atoms with Gasteiger partial charge >= 0.3 is 0 Å². The van der Waals surface area contributed by atoms with Gasteiger partial charge in [0.2, 0.25) is 0 Å². The second-order valence-electron chi connectivity index (χ2n) is 4.44. The molecule has 15 heavy (non-hydrogen) atoms. The lowest BCUT2D eigenvalue weighted by atomic mass is 9.95. The van der Waals surface area contributed by atoms with Gasteiger partial charge in [-0.25, -0.2) is 0 Å². The van der Waals surface area contributed by atoms with E-state index in [1.807, 2.05) is 18.3 Å². The molecule has 1 aliphatic carbocycles. The molecule has 0 aliphatic heterocycles. The van der Waals surface area contributed by atoms with E-state index in [2.05, 4.69) is 30.1 Å². The van der Waals surface area contributed by atoms with Crippen molar-refractivity contribution in [2.24, 2.45) is 5.92 Å². The summed E-state index contributed by atoms with van der Waals surface area (Å²) in [4.78, 5) is 3.24. The van der Waals surface area contributed by atoms with Gasteiger partial charge in [0, 0.05) is 17.1 Å². The van der Waals surface area contributed by atoms with Crippen molar-refractivity contribution < 1.29 is 0 Å². The molecule has 0 amide bonds. The number of fused-ring (bicyclic) bond motifs is 1. The molecule has 3 rings (SSSR count). The lowest BCUT2D eigenvalue weighted by molar-refractivity contribution is 0.798. The van der Waals surface area contributed by atoms with Crippen molar-refractivity contribution in [2.45, 2.75) is 18.8 Å². The van der Waals surface area contributed by atoms with E-state index < -0.39 is 0 Å². The molecular formula is C13H12N2. The third-order valence-corrected chi connectivity index (χ3v) is 3.58. The molecule has 2 nitrogen and oxygen atoms in total. The van der Waals surface area contributed by atoms with Crippen molar-refractivity contribution in [3.8, 4) is 6.07 Å². The summed E-state index contributed by atoms with van der Waals surface area (Å²) in [6.07, 6.45) is 2.99. The van der Waals surface area contributed by atoms with Crippen molar-refractivity contribution in [2.75, 3.05) is 0 Å². The van der Waals surface area contributed by atoms with Crippen molar-refractivity contribution in [1.82, 2.24) is 4.98 Å². The Balaban J connectivity index is 2.25. The van der Waals surface area contributed by atoms with Gasteiger partial charge < -0.3 is 4.98 Å². The number of benzene rings is 1. The van der Waals surface area contributed by atoms with Gasteiger partial charge in [-0.1, -0.05) is 25.1 Å². The van der Waals surface area contributed by atoms with E-state index in [0.717, 1.165) is 11.9 Å². The van der Waals surface area contributed by atoms with Crippen LogP contribution >= 0.6 is 0 Å². The smallest absolute Gasteiger partial charge is 0.0872 e. The molecule has 0 radical (unpaired) electrons. The average molecular weight is 196 g/mol. The predicted octanol–water partition coefficient (Wildman–Crippen LogP) is 2.97. The fraction of sp³-hybridized carbons (Fsp3) is 0.308. The molecular weight excluding hydrogens is 184 g/mol. The zero-order chi connectivity index (χ0) is 10.5. The van der Waals surface area contributed by atoms with Crippen molar-refractivity contribution in [3.05, 3.63) is 36.0 Å². The van der Waals surface area contributed by atoms with Gasteiger partial charge in [-0.3, -0.25) is 0 Å². The summed E-state index contributed by atoms with van der Waals surface area (Å²) in [7, 11) is 0. The highest BCUT2D eigenvalue weighted by Crippen LogP contribution is 2.55. The van der Waals surface area contributed by atoms with Crippen molar-refractivity contribution >= 4 is 10.9 Å². The molecule has 1 N–H and O–H groups in total. The second kappa shape index (κ2) is 2.64. The molecule has 0 bridgehead atoms. The van der Waals surface area contributed by atoms with E-state index in [1.54, 1.807) is 0 Å². The summed E-state index contributed by atoms with van der Waals surface area (Å²) in [5, 5.41) is 10.5. The van der Waals surface area contributed by atoms with E-state index in [0.29, 0.717) is 5.92 Å². The molecule has 0 spiro atoms. The van der Waals surface area contributed by atoms with Crippen LogP contribution in [0.25, 0.3) is 10.9 Å². The highest BCUT2D eigenvalue weighted by molar-refractivity contribution is 5.85. The highest BCUT2D eigenvalue weighted by Gasteiger charge is 2.54. The quantitative estimate of drug-likeness (QED) is 0.748. The molecule has 2 unspecified atom stereocenters. The molecule has 1 saturated carbocycles. The first-order valence-corrected chi connectivity index (χ1v) is 5.26. The topological polar surface area (TPSA) is 39.6 Å². The summed E-state index contributed by atoms with van der Waals surface area (Å²) in [6, 6.07) is 10.7. The van der Waals surface area contributed by atoms with Crippen LogP contribution in [-0.2, 0) is 5.41 Å². The van der Waals surface area contributed by atoms with E-state index in [1.165, 1.54) is 10.9 Å². The predicted molar refractivity (Wildman–Crippen MR) is 59.4 cm³/mol. The van der Waals surface area contributed by atoms with E-state index in [9.17, 15) is 5.26 Å². The SMILES string of the molecule is CC1CC1(C#N)c1c[nH]c2ccccc12. The zero-order valence-corrected chi connectivity index (χ0v) is 8.62. The summed E-state index contributed by atoms with van der Waals surface area (Å²) in [6.45, 7) is 2.14. The zero-order valence-electron chi connectivity index (χ0n) is 8.62. The van der Waals surface area contributed by atoms with Crippen LogP contribution in [0.15, 0.2) is 30.5 Å². The fourth-order valence-corrected chi connectivity index (χ4v) is 2.46. The lowest BCUT2D eigenvalue weighted by Gasteiger charge is -2.04. The van der Waals surface area contributed by atoms with Crippen LogP contribution in [0.5, 0.6) is 0 Å². The monoisotopic (exact) mass is 196 g/mol. The normalized spacial score (nSPS) is 28.9. The van der Waals surface area contributed by atoms with E-state index in [-0.39, 0.29) is 5.41 Å². The Bertz CT molecular complexity index is 561. The summed E-state index contributed by atoms with van der Waals surface area (Å²) < 4.78 is 0. The molecule has 0 saturated heterocycles. The van der Waals surface area contributed by atoms with Gasteiger partial charge in [0.05, 0.1) is 11.5 Å². The summed E-state index contributed by atoms with van der Waals surface area (Å²) in [5.41, 5.74) is 2.08. The number of nitriles is 1. The Morgan fingerprint density at radius 3 is 2.87 bits per heavy atom. The van der Waals surface area contributed by atoms with Crippen LogP contribution in [-0.4, -0.2) is 4.98 Å². The number of aromatic nitrogens is 1. The number of para-hydroxylation sites is 1. The van der Waals surface area contributed by atoms with Crippen LogP contribution in [0.2, 0.25) is 0 Å². The van der Waals surface area contributed by atoms with Gasteiger partial charge in [0.25, 0.3) is 0 Å². The largest absolute Gasteiger partial charge is 0.361 e. The maximum absolute atomic E-state index is 9.29. The van der Waals surface area contributed by atoms with Crippen LogP contribution in [0, 0.1) is 17.2 Å². The van der Waals surface area contributed by atoms with E-state index >= 15 is 0 Å². The maximum atomic E-state index is 9.29. The van der Waals surface area contributed by atoms with Gasteiger partial charge in [-0.15, -0.1) is 0 Å². The number of hydrogen-bond donors (Lipinski definition) is 1. The standard InChI is InChI=1S/C13H12N2/c1-9-6-13(9,8-14)11-7-15-12-5-3-2-4-10(11)12/h2-5,7,9,15H,6H2,1H3. The third kappa shape index (κ3) is 0.979. The number of H-pyrrole nitrogens is 1. The number of nitrogens with one attached hydrogen (secondary N) is 1. The Morgan fingerprint density at radius 1 is 1.47 bits per heavy atom. The van der Waals surface area contributed by atoms with Gasteiger partial charge in [0.15, 0.2) is 0 Å². The molecule has 1 aromatic carbocycles. The van der Waals surface area contributed by atoms with Gasteiger partial charge in [-0.05, 0) is 24.0 Å². The third-order valence-electron chi connectivity index (χ3n) is 3.58. The van der Waals surface area contributed by atoms with Crippen LogP contribution in [0.1, 0.15) is 18.9 Å². The lowest BCUT2D eigenvalue weighted by Crippen LogP contribution is -2.04. The minimum atomic E-state index is -0.223. The second-order valence-corrected chi connectivity index (χ2v) is 4.44. The molecule has 2 heteroatoms. The Labute approximate surface area is 88.5 Å². The number of rotatable bonds is 1. The van der Waals surface area contributed by atoms with E-state index in [4.69, 9.17) is 0 Å². The highest BCUT2D eigenvalue weighted by atomic mass is 14.7. The Kier molecular flexibility index (Phi) is 1.50. The number of nitrogens with zero attached hydrogens (tertiary/aromatic N) is 1. The Hall–Kier alpha value is -1.75. The maximum Gasteiger partial charge on any atom is 0.0872 e. The van der Waals surface area contributed by atoms with Gasteiger partial charge in [-0.2, -0.15) is 5.26 Å². The van der Waals surface area contributed by atoms with Crippen LogP contribution in [0.3, 0.4) is 0 Å². The Morgan fingerprint density at radius 2 is 2.20 bits per heavy atom. The summed E-state index contributed by atoms with van der Waals surface area (Å²) >= 11 is 0. The van der Waals surface area contributed by atoms with Crippen LogP contribution < -0.4 is 0 Å².